The molecule has 0 spiro atoms. The minimum atomic E-state index is 0.305. The number of benzene rings is 10. The van der Waals surface area contributed by atoms with Crippen molar-refractivity contribution in [3.05, 3.63) is 229 Å². The zero-order chi connectivity index (χ0) is 48.2. The molecular formula is C65H35N7. The number of hydrogen-bond donors (Lipinski definition) is 0. The van der Waals surface area contributed by atoms with Gasteiger partial charge in [0.15, 0.2) is 0 Å². The van der Waals surface area contributed by atoms with Crippen molar-refractivity contribution >= 4 is 87.2 Å². The molecule has 0 saturated carbocycles. The fourth-order valence-electron chi connectivity index (χ4n) is 11.6. The summed E-state index contributed by atoms with van der Waals surface area (Å²) in [6.07, 6.45) is 6.17. The van der Waals surface area contributed by atoms with E-state index >= 15 is 0 Å². The first-order valence-corrected chi connectivity index (χ1v) is 23.6. The number of rotatable bonds is 5. The summed E-state index contributed by atoms with van der Waals surface area (Å²) >= 11 is 0. The fraction of sp³-hybridized carbons (Fsp3) is 0. The van der Waals surface area contributed by atoms with Gasteiger partial charge in [0, 0.05) is 48.7 Å². The van der Waals surface area contributed by atoms with Crippen LogP contribution in [0.5, 0.6) is 0 Å². The molecule has 4 aromatic heterocycles. The molecule has 14 aromatic rings. The highest BCUT2D eigenvalue weighted by Crippen LogP contribution is 2.45. The lowest BCUT2D eigenvalue weighted by molar-refractivity contribution is 1.09. The second-order valence-corrected chi connectivity index (χ2v) is 18.1. The Morgan fingerprint density at radius 3 is 1.03 bits per heavy atom. The van der Waals surface area contributed by atoms with Crippen LogP contribution in [-0.2, 0) is 0 Å². The average molecular weight is 914 g/mol. The van der Waals surface area contributed by atoms with Gasteiger partial charge < -0.3 is 18.3 Å². The van der Waals surface area contributed by atoms with E-state index in [2.05, 4.69) is 194 Å². The monoisotopic (exact) mass is 913 g/mol. The van der Waals surface area contributed by atoms with Gasteiger partial charge in [0.25, 0.3) is 0 Å². The molecule has 0 atom stereocenters. The molecule has 0 N–H and O–H groups in total. The summed E-state index contributed by atoms with van der Waals surface area (Å²) in [6, 6.07) is 78.2. The van der Waals surface area contributed by atoms with Crippen molar-refractivity contribution in [1.29, 1.82) is 15.8 Å². The van der Waals surface area contributed by atoms with Crippen LogP contribution >= 0.6 is 0 Å². The van der Waals surface area contributed by atoms with Crippen LogP contribution in [0, 0.1) is 46.3 Å². The maximum absolute atomic E-state index is 10.6. The zero-order valence-electron chi connectivity index (χ0n) is 38.3. The SMILES string of the molecule is C#Cc1cc(-n2c3ccccc3c3ccccc32)c(-n2c3ccccc3c3c(-c4ccc5c(c4)c4ccccc4n5-c4cc(C#N)c(C#N)cc4-n4c5ccccc5c5ccccc54)cccc32)cc1C#N. The molecule has 10 aromatic carbocycles. The summed E-state index contributed by atoms with van der Waals surface area (Å²) in [5.74, 6) is 2.82. The van der Waals surface area contributed by atoms with Crippen LogP contribution in [0.2, 0.25) is 0 Å². The van der Waals surface area contributed by atoms with E-state index in [9.17, 15) is 15.8 Å². The lowest BCUT2D eigenvalue weighted by atomic mass is 9.98. The first-order chi connectivity index (χ1) is 35.6. The minimum absolute atomic E-state index is 0.305. The van der Waals surface area contributed by atoms with E-state index < -0.39 is 0 Å². The van der Waals surface area contributed by atoms with Crippen molar-refractivity contribution in [1.82, 2.24) is 18.3 Å². The van der Waals surface area contributed by atoms with Crippen LogP contribution in [0.3, 0.4) is 0 Å². The Hall–Kier alpha value is -10.6. The summed E-state index contributed by atoms with van der Waals surface area (Å²) in [5, 5.41) is 40.2. The Morgan fingerprint density at radius 2 is 0.611 bits per heavy atom. The van der Waals surface area contributed by atoms with Crippen molar-refractivity contribution in [3.63, 3.8) is 0 Å². The highest BCUT2D eigenvalue weighted by Gasteiger charge is 2.25. The fourth-order valence-corrected chi connectivity index (χ4v) is 11.6. The van der Waals surface area contributed by atoms with Crippen LogP contribution in [0.25, 0.3) is 121 Å². The van der Waals surface area contributed by atoms with Crippen LogP contribution in [0.1, 0.15) is 22.3 Å². The van der Waals surface area contributed by atoms with Gasteiger partial charge >= 0.3 is 0 Å². The van der Waals surface area contributed by atoms with E-state index in [0.717, 1.165) is 121 Å². The largest absolute Gasteiger partial charge is 0.307 e. The molecule has 0 aliphatic heterocycles. The first kappa shape index (κ1) is 40.5. The molecule has 0 bridgehead atoms. The standard InChI is InChI=1S/C65H35N7/c1-2-40-33-61(69-53-23-9-3-16-46(53)47-17-4-10-24-54(47)69)64(34-42(40)37-66)72-58-28-14-8-21-51(58)65-45(22-15-29-60(65)72)41-30-31-59-52(32-41)50-20-7-13-27-57(50)71(59)63-36-44(39-68)43(38-67)35-62(63)70-55-25-11-5-18-48(55)49-19-6-12-26-56(49)70/h1,3-36H. The van der Waals surface area contributed by atoms with Crippen molar-refractivity contribution in [2.45, 2.75) is 0 Å². The smallest absolute Gasteiger partial charge is 0.101 e. The van der Waals surface area contributed by atoms with Crippen LogP contribution in [-0.4, -0.2) is 18.3 Å². The molecule has 0 unspecified atom stereocenters. The van der Waals surface area contributed by atoms with E-state index in [1.54, 1.807) is 0 Å². The van der Waals surface area contributed by atoms with E-state index in [4.69, 9.17) is 6.42 Å². The van der Waals surface area contributed by atoms with Gasteiger partial charge in [-0.1, -0.05) is 133 Å². The van der Waals surface area contributed by atoms with Gasteiger partial charge in [-0.2, -0.15) is 15.8 Å². The molecule has 0 saturated heterocycles. The minimum Gasteiger partial charge on any atom is -0.307 e. The van der Waals surface area contributed by atoms with E-state index in [1.807, 2.05) is 54.6 Å². The second-order valence-electron chi connectivity index (χ2n) is 18.1. The summed E-state index contributed by atoms with van der Waals surface area (Å²) < 4.78 is 9.02. The lowest BCUT2D eigenvalue weighted by Crippen LogP contribution is -2.05. The van der Waals surface area contributed by atoms with E-state index in [0.29, 0.717) is 22.3 Å². The lowest BCUT2D eigenvalue weighted by Gasteiger charge is -2.18. The molecule has 0 aliphatic carbocycles. The maximum Gasteiger partial charge on any atom is 0.101 e. The third-order valence-electron chi connectivity index (χ3n) is 14.6. The highest BCUT2D eigenvalue weighted by atomic mass is 15.1. The molecule has 14 rings (SSSR count). The van der Waals surface area contributed by atoms with Gasteiger partial charge in [0.1, 0.15) is 18.2 Å². The molecule has 7 nitrogen and oxygen atoms in total. The molecule has 72 heavy (non-hydrogen) atoms. The normalized spacial score (nSPS) is 11.6. The Bertz CT molecular complexity index is 4760. The number of fused-ring (bicyclic) bond motifs is 12. The molecule has 0 aliphatic rings. The quantitative estimate of drug-likeness (QED) is 0.161. The molecule has 0 amide bonds. The summed E-state index contributed by atoms with van der Waals surface area (Å²) in [7, 11) is 0. The average Bonchev–Trinajstić information content (AvgIpc) is 4.17. The van der Waals surface area contributed by atoms with Gasteiger partial charge in [-0.05, 0) is 90.0 Å². The van der Waals surface area contributed by atoms with Crippen LogP contribution in [0.15, 0.2) is 206 Å². The highest BCUT2D eigenvalue weighted by molar-refractivity contribution is 6.18. The van der Waals surface area contributed by atoms with Gasteiger partial charge in [0.2, 0.25) is 0 Å². The number of terminal acetylenes is 1. The maximum atomic E-state index is 10.6. The predicted molar refractivity (Wildman–Crippen MR) is 291 cm³/mol. The number of nitrogens with zero attached hydrogens (tertiary/aromatic N) is 7. The van der Waals surface area contributed by atoms with Crippen molar-refractivity contribution in [2.75, 3.05) is 0 Å². The number of para-hydroxylation sites is 6. The molecular weight excluding hydrogens is 879 g/mol. The number of hydrogen-bond acceptors (Lipinski definition) is 3. The Kier molecular flexibility index (Phi) is 8.70. The molecule has 0 fully saturated rings. The summed E-state index contributed by atoms with van der Waals surface area (Å²) in [4.78, 5) is 0. The van der Waals surface area contributed by atoms with Crippen molar-refractivity contribution in [3.8, 4) is 64.4 Å². The molecule has 4 heterocycles. The number of nitriles is 3. The second kappa shape index (κ2) is 15.5. The third kappa shape index (κ3) is 5.60. The van der Waals surface area contributed by atoms with Crippen molar-refractivity contribution < 1.29 is 0 Å². The molecule has 7 heteroatoms. The van der Waals surface area contributed by atoms with Gasteiger partial charge in [-0.3, -0.25) is 0 Å². The van der Waals surface area contributed by atoms with Crippen LogP contribution < -0.4 is 0 Å². The van der Waals surface area contributed by atoms with Gasteiger partial charge in [0.05, 0.1) is 83.6 Å². The molecule has 330 valence electrons. The summed E-state index contributed by atoms with van der Waals surface area (Å²) in [5.41, 5.74) is 14.9. The van der Waals surface area contributed by atoms with E-state index in [1.165, 1.54) is 0 Å². The third-order valence-corrected chi connectivity index (χ3v) is 14.6. The first-order valence-electron chi connectivity index (χ1n) is 23.6. The van der Waals surface area contributed by atoms with Gasteiger partial charge in [-0.25, -0.2) is 0 Å². The Balaban J connectivity index is 1.03. The number of aromatic nitrogens is 4. The predicted octanol–water partition coefficient (Wildman–Crippen LogP) is 15.3. The van der Waals surface area contributed by atoms with Crippen molar-refractivity contribution in [2.24, 2.45) is 0 Å². The molecule has 0 radical (unpaired) electrons. The Labute approximate surface area is 412 Å². The van der Waals surface area contributed by atoms with E-state index in [-0.39, 0.29) is 0 Å². The summed E-state index contributed by atoms with van der Waals surface area (Å²) in [6.45, 7) is 0. The van der Waals surface area contributed by atoms with Gasteiger partial charge in [-0.15, -0.1) is 6.42 Å². The zero-order valence-corrected chi connectivity index (χ0v) is 38.3. The Morgan fingerprint density at radius 1 is 0.292 bits per heavy atom. The van der Waals surface area contributed by atoms with Crippen LogP contribution in [0.4, 0.5) is 0 Å². The topological polar surface area (TPSA) is 91.1 Å².